The summed E-state index contributed by atoms with van der Waals surface area (Å²) in [4.78, 5) is 0. The smallest absolute Gasteiger partial charge is 0.0984 e. The van der Waals surface area contributed by atoms with E-state index in [0.717, 1.165) is 9.91 Å². The summed E-state index contributed by atoms with van der Waals surface area (Å²) in [6, 6.07) is 0. The van der Waals surface area contributed by atoms with Crippen LogP contribution >= 0.6 is 25.3 Å². The second-order valence-electron chi connectivity index (χ2n) is 0.366. The maximum Gasteiger partial charge on any atom is 0.0984 e. The largest absolute Gasteiger partial charge is 0.125 e. The summed E-state index contributed by atoms with van der Waals surface area (Å²) in [7, 11) is 1.11. The van der Waals surface area contributed by atoms with Crippen molar-refractivity contribution in [2.24, 2.45) is 0 Å². The molecule has 0 nitrogen and oxygen atoms in total. The van der Waals surface area contributed by atoms with Crippen LogP contribution in [0.3, 0.4) is 0 Å². The summed E-state index contributed by atoms with van der Waals surface area (Å²) >= 11 is 11.9. The molecule has 0 N–H and O–H groups in total. The highest BCUT2D eigenvalue weighted by molar-refractivity contribution is 8.40. The van der Waals surface area contributed by atoms with Crippen molar-refractivity contribution in [3.05, 3.63) is 0 Å². The van der Waals surface area contributed by atoms with Crippen LogP contribution in [0.1, 0.15) is 0 Å². The third kappa shape index (κ3) is 5.01. The Morgan fingerprint density at radius 2 is 1.80 bits per heavy atom. The normalized spacial score (nSPS) is 6.80. The first kappa shape index (κ1) is 6.01. The SMILES string of the molecule is S=S=C(S)S. The minimum absolute atomic E-state index is 0.625. The molecule has 0 aromatic heterocycles. The van der Waals surface area contributed by atoms with Crippen LogP contribution in [0.4, 0.5) is 0 Å². The fourth-order valence-electron chi connectivity index (χ4n) is 0. The Labute approximate surface area is 50.0 Å². The molecule has 0 amide bonds. The van der Waals surface area contributed by atoms with Crippen molar-refractivity contribution >= 4 is 49.9 Å². The average molecular weight is 142 g/mol. The van der Waals surface area contributed by atoms with Gasteiger partial charge in [-0.25, -0.2) is 0 Å². The van der Waals surface area contributed by atoms with E-state index in [0.29, 0.717) is 3.53 Å². The lowest BCUT2D eigenvalue weighted by molar-refractivity contribution is 4.24. The summed E-state index contributed by atoms with van der Waals surface area (Å²) in [5, 5.41) is 0. The Morgan fingerprint density at radius 1 is 1.60 bits per heavy atom. The van der Waals surface area contributed by atoms with E-state index in [9.17, 15) is 0 Å². The average Bonchev–Trinajstić information content (AvgIpc) is 1.38. The Bertz CT molecular complexity index is 63.7. The fraction of sp³-hybridized carbons (Fsp3) is 0. The first-order valence-electron chi connectivity index (χ1n) is 0.818. The van der Waals surface area contributed by atoms with Crippen LogP contribution in [0.25, 0.3) is 0 Å². The second kappa shape index (κ2) is 3.21. The first-order chi connectivity index (χ1) is 2.27. The molecule has 0 fully saturated rings. The highest BCUT2D eigenvalue weighted by Crippen LogP contribution is 1.80. The first-order valence-corrected chi connectivity index (χ1v) is 3.45. The Kier molecular flexibility index (Phi) is 3.86. The van der Waals surface area contributed by atoms with Gasteiger partial charge in [0.15, 0.2) is 0 Å². The molecule has 0 heterocycles. The van der Waals surface area contributed by atoms with Gasteiger partial charge < -0.3 is 0 Å². The fourth-order valence-corrected chi connectivity index (χ4v) is 0. The monoisotopic (exact) mass is 142 g/mol. The molecule has 0 aromatic carbocycles. The van der Waals surface area contributed by atoms with E-state index >= 15 is 0 Å². The standard InChI is InChI=1S/CH2S4/c2-1(3)5-4/h2-3H. The van der Waals surface area contributed by atoms with Crippen LogP contribution in [-0.4, -0.2) is 3.53 Å². The molecular formula is CH2S4. The van der Waals surface area contributed by atoms with Crippen molar-refractivity contribution in [1.82, 2.24) is 0 Å². The highest BCUT2D eigenvalue weighted by atomic mass is 32.8. The van der Waals surface area contributed by atoms with E-state index in [-0.39, 0.29) is 0 Å². The van der Waals surface area contributed by atoms with Crippen molar-refractivity contribution in [3.8, 4) is 0 Å². The van der Waals surface area contributed by atoms with E-state index in [2.05, 4.69) is 36.4 Å². The van der Waals surface area contributed by atoms with Crippen molar-refractivity contribution < 1.29 is 0 Å². The Hall–Kier alpha value is 1.01. The predicted molar refractivity (Wildman–Crippen MR) is 37.7 cm³/mol. The van der Waals surface area contributed by atoms with Gasteiger partial charge in [-0.2, -0.15) is 0 Å². The minimum atomic E-state index is 0.625. The van der Waals surface area contributed by atoms with Crippen molar-refractivity contribution in [2.75, 3.05) is 0 Å². The van der Waals surface area contributed by atoms with E-state index in [1.54, 1.807) is 0 Å². The van der Waals surface area contributed by atoms with Crippen molar-refractivity contribution in [1.29, 1.82) is 0 Å². The lowest BCUT2D eigenvalue weighted by Crippen LogP contribution is -1.57. The third-order valence-corrected chi connectivity index (χ3v) is 2.01. The number of rotatable bonds is 0. The lowest BCUT2D eigenvalue weighted by atomic mass is 11.9. The van der Waals surface area contributed by atoms with E-state index in [4.69, 9.17) is 0 Å². The van der Waals surface area contributed by atoms with Crippen LogP contribution < -0.4 is 0 Å². The Balaban J connectivity index is 3.60. The molecule has 0 unspecified atom stereocenters. The molecule has 5 heavy (non-hydrogen) atoms. The van der Waals surface area contributed by atoms with Gasteiger partial charge in [0, 0.05) is 0 Å². The molecule has 0 spiro atoms. The molecule has 0 aliphatic rings. The maximum absolute atomic E-state index is 4.40. The summed E-state index contributed by atoms with van der Waals surface area (Å²) in [5.41, 5.74) is 0. The second-order valence-corrected chi connectivity index (χ2v) is 3.29. The molecular weight excluding hydrogens is 140 g/mol. The van der Waals surface area contributed by atoms with Crippen LogP contribution in [0.2, 0.25) is 0 Å². The van der Waals surface area contributed by atoms with Gasteiger partial charge in [-0.15, -0.1) is 25.3 Å². The molecule has 4 heteroatoms. The van der Waals surface area contributed by atoms with Crippen molar-refractivity contribution in [3.63, 3.8) is 0 Å². The summed E-state index contributed by atoms with van der Waals surface area (Å²) < 4.78 is 0.625. The maximum atomic E-state index is 4.40. The van der Waals surface area contributed by atoms with Crippen molar-refractivity contribution in [2.45, 2.75) is 0 Å². The molecule has 0 rings (SSSR count). The summed E-state index contributed by atoms with van der Waals surface area (Å²) in [6.07, 6.45) is 0. The molecule has 0 radical (unpaired) electrons. The Morgan fingerprint density at radius 3 is 1.80 bits per heavy atom. The van der Waals surface area contributed by atoms with Crippen LogP contribution in [0.15, 0.2) is 0 Å². The molecule has 0 aliphatic heterocycles. The van der Waals surface area contributed by atoms with Crippen LogP contribution in [0.5, 0.6) is 0 Å². The van der Waals surface area contributed by atoms with Crippen LogP contribution in [0, 0.1) is 0 Å². The number of hydrogen-bond donors (Lipinski definition) is 2. The zero-order valence-electron chi connectivity index (χ0n) is 2.21. The number of thiol groups is 2. The number of hydrogen-bond acceptors (Lipinski definition) is 1. The molecule has 0 atom stereocenters. The van der Waals surface area contributed by atoms with Gasteiger partial charge in [-0.3, -0.25) is 0 Å². The molecule has 30 valence electrons. The molecule has 0 bridgehead atoms. The zero-order valence-corrected chi connectivity index (χ0v) is 5.63. The molecule has 0 saturated carbocycles. The van der Waals surface area contributed by atoms with Gasteiger partial charge in [-0.05, 0) is 11.2 Å². The minimum Gasteiger partial charge on any atom is -0.125 e. The van der Waals surface area contributed by atoms with Gasteiger partial charge in [0.25, 0.3) is 0 Å². The predicted octanol–water partition coefficient (Wildman–Crippen LogP) is 0.478. The van der Waals surface area contributed by atoms with Crippen LogP contribution in [-0.2, 0) is 21.1 Å². The van der Waals surface area contributed by atoms with Gasteiger partial charge in [0.1, 0.15) is 0 Å². The topological polar surface area (TPSA) is 0 Å². The third-order valence-electron chi connectivity index (χ3n) is 0.0745. The quantitative estimate of drug-likeness (QED) is 0.366. The lowest BCUT2D eigenvalue weighted by Gasteiger charge is -1.63. The zero-order chi connectivity index (χ0) is 4.28. The van der Waals surface area contributed by atoms with Gasteiger partial charge in [-0.1, -0.05) is 9.91 Å². The van der Waals surface area contributed by atoms with E-state index < -0.39 is 0 Å². The summed E-state index contributed by atoms with van der Waals surface area (Å²) in [5.74, 6) is 0. The van der Waals surface area contributed by atoms with E-state index in [1.165, 1.54) is 0 Å². The highest BCUT2D eigenvalue weighted by Gasteiger charge is 1.62. The van der Waals surface area contributed by atoms with Gasteiger partial charge in [0.05, 0.1) is 3.53 Å². The van der Waals surface area contributed by atoms with E-state index in [1.807, 2.05) is 0 Å². The van der Waals surface area contributed by atoms with Gasteiger partial charge >= 0.3 is 0 Å². The molecule has 0 aromatic rings. The molecule has 0 saturated heterocycles. The van der Waals surface area contributed by atoms with Gasteiger partial charge in [0.2, 0.25) is 0 Å². The summed E-state index contributed by atoms with van der Waals surface area (Å²) in [6.45, 7) is 0. The molecule has 0 aliphatic carbocycles.